The Kier molecular flexibility index (Phi) is 3.99. The molecule has 1 atom stereocenters. The molecule has 1 aromatic carbocycles. The van der Waals surface area contributed by atoms with Crippen LogP contribution in [0.1, 0.15) is 12.0 Å². The summed E-state index contributed by atoms with van der Waals surface area (Å²) in [6.45, 7) is 2.61. The maximum Gasteiger partial charge on any atom is 0.0451 e. The van der Waals surface area contributed by atoms with Gasteiger partial charge < -0.3 is 5.73 Å². The van der Waals surface area contributed by atoms with Crippen LogP contribution in [0.5, 0.6) is 0 Å². The van der Waals surface area contributed by atoms with Crippen LogP contribution in [0, 0.1) is 0 Å². The van der Waals surface area contributed by atoms with Crippen LogP contribution in [-0.2, 0) is 6.54 Å². The minimum atomic E-state index is 0.352. The first kappa shape index (κ1) is 11.6. The summed E-state index contributed by atoms with van der Waals surface area (Å²) in [6.07, 6.45) is 5.50. The lowest BCUT2D eigenvalue weighted by molar-refractivity contribution is 0.218. The van der Waals surface area contributed by atoms with Crippen molar-refractivity contribution in [2.45, 2.75) is 19.0 Å². The van der Waals surface area contributed by atoms with Gasteiger partial charge in [-0.2, -0.15) is 0 Å². The Hall–Kier alpha value is -0.830. The van der Waals surface area contributed by atoms with Crippen LogP contribution < -0.4 is 5.73 Å². The number of nitrogens with two attached hydrogens (primary N) is 1. The van der Waals surface area contributed by atoms with E-state index in [2.05, 4.69) is 23.1 Å². The highest BCUT2D eigenvalue weighted by Gasteiger charge is 2.17. The first-order chi connectivity index (χ1) is 7.81. The average molecular weight is 237 g/mol. The van der Waals surface area contributed by atoms with Crippen molar-refractivity contribution in [3.05, 3.63) is 47.0 Å². The fourth-order valence-electron chi connectivity index (χ4n) is 2.05. The van der Waals surface area contributed by atoms with Crippen molar-refractivity contribution in [2.75, 3.05) is 13.1 Å². The monoisotopic (exact) mass is 236 g/mol. The summed E-state index contributed by atoms with van der Waals surface area (Å²) in [5.74, 6) is 0. The van der Waals surface area contributed by atoms with E-state index in [0.717, 1.165) is 24.5 Å². The zero-order valence-corrected chi connectivity index (χ0v) is 10.0. The maximum atomic E-state index is 6.16. The first-order valence-electron chi connectivity index (χ1n) is 5.65. The van der Waals surface area contributed by atoms with Crippen LogP contribution in [0.3, 0.4) is 0 Å². The number of benzene rings is 1. The molecule has 0 saturated carbocycles. The molecule has 2 nitrogen and oxygen atoms in total. The SMILES string of the molecule is NCC1C=CCCN1Cc1ccccc1Cl. The molecule has 0 aromatic heterocycles. The third-order valence-electron chi connectivity index (χ3n) is 2.98. The van der Waals surface area contributed by atoms with Gasteiger partial charge in [0.25, 0.3) is 0 Å². The molecule has 16 heavy (non-hydrogen) atoms. The van der Waals surface area contributed by atoms with E-state index in [4.69, 9.17) is 17.3 Å². The normalized spacial score (nSPS) is 21.2. The van der Waals surface area contributed by atoms with Gasteiger partial charge in [-0.05, 0) is 18.1 Å². The summed E-state index contributed by atoms with van der Waals surface area (Å²) in [4.78, 5) is 2.38. The van der Waals surface area contributed by atoms with E-state index in [1.165, 1.54) is 5.56 Å². The highest BCUT2D eigenvalue weighted by molar-refractivity contribution is 6.31. The predicted octanol–water partition coefficient (Wildman–Crippen LogP) is 2.43. The maximum absolute atomic E-state index is 6.16. The molecule has 0 amide bonds. The Morgan fingerprint density at radius 3 is 2.94 bits per heavy atom. The molecule has 2 N–H and O–H groups in total. The van der Waals surface area contributed by atoms with Crippen molar-refractivity contribution in [2.24, 2.45) is 5.73 Å². The molecule has 0 radical (unpaired) electrons. The minimum absolute atomic E-state index is 0.352. The lowest BCUT2D eigenvalue weighted by atomic mass is 10.1. The first-order valence-corrected chi connectivity index (χ1v) is 6.03. The van der Waals surface area contributed by atoms with E-state index in [-0.39, 0.29) is 0 Å². The topological polar surface area (TPSA) is 29.3 Å². The molecule has 0 bridgehead atoms. The molecule has 1 aliphatic heterocycles. The summed E-state index contributed by atoms with van der Waals surface area (Å²) >= 11 is 6.16. The minimum Gasteiger partial charge on any atom is -0.329 e. The van der Waals surface area contributed by atoms with E-state index < -0.39 is 0 Å². The Labute approximate surface area is 102 Å². The van der Waals surface area contributed by atoms with Crippen molar-refractivity contribution in [1.29, 1.82) is 0 Å². The predicted molar refractivity (Wildman–Crippen MR) is 68.5 cm³/mol. The van der Waals surface area contributed by atoms with Gasteiger partial charge >= 0.3 is 0 Å². The van der Waals surface area contributed by atoms with Gasteiger partial charge in [0.15, 0.2) is 0 Å². The number of hydrogen-bond donors (Lipinski definition) is 1. The van der Waals surface area contributed by atoms with Crippen molar-refractivity contribution in [3.63, 3.8) is 0 Å². The third kappa shape index (κ3) is 2.64. The average Bonchev–Trinajstić information content (AvgIpc) is 2.33. The summed E-state index contributed by atoms with van der Waals surface area (Å²) in [6, 6.07) is 8.36. The van der Waals surface area contributed by atoms with E-state index in [1.807, 2.05) is 18.2 Å². The van der Waals surface area contributed by atoms with E-state index in [9.17, 15) is 0 Å². The number of halogens is 1. The van der Waals surface area contributed by atoms with Gasteiger partial charge in [-0.25, -0.2) is 0 Å². The second-order valence-corrected chi connectivity index (χ2v) is 4.49. The van der Waals surface area contributed by atoms with Crippen molar-refractivity contribution >= 4 is 11.6 Å². The van der Waals surface area contributed by atoms with Crippen molar-refractivity contribution in [3.8, 4) is 0 Å². The third-order valence-corrected chi connectivity index (χ3v) is 3.35. The van der Waals surface area contributed by atoms with Crippen LogP contribution in [0.15, 0.2) is 36.4 Å². The highest BCUT2D eigenvalue weighted by Crippen LogP contribution is 2.20. The molecule has 1 unspecified atom stereocenters. The molecule has 0 fully saturated rings. The lowest BCUT2D eigenvalue weighted by Crippen LogP contribution is -2.41. The lowest BCUT2D eigenvalue weighted by Gasteiger charge is -2.31. The van der Waals surface area contributed by atoms with Crippen molar-refractivity contribution in [1.82, 2.24) is 4.90 Å². The second kappa shape index (κ2) is 5.48. The van der Waals surface area contributed by atoms with Gasteiger partial charge in [0.2, 0.25) is 0 Å². The van der Waals surface area contributed by atoms with Crippen LogP contribution in [0.25, 0.3) is 0 Å². The van der Waals surface area contributed by atoms with E-state index in [0.29, 0.717) is 12.6 Å². The Morgan fingerprint density at radius 2 is 2.19 bits per heavy atom. The quantitative estimate of drug-likeness (QED) is 0.817. The van der Waals surface area contributed by atoms with Crippen LogP contribution in [0.4, 0.5) is 0 Å². The van der Waals surface area contributed by atoms with Crippen LogP contribution >= 0.6 is 11.6 Å². The largest absolute Gasteiger partial charge is 0.329 e. The number of nitrogens with zero attached hydrogens (tertiary/aromatic N) is 1. The van der Waals surface area contributed by atoms with Gasteiger partial charge in [0.05, 0.1) is 0 Å². The van der Waals surface area contributed by atoms with Gasteiger partial charge in [-0.1, -0.05) is 42.0 Å². The summed E-state index contributed by atoms with van der Waals surface area (Å²) in [5, 5.41) is 0.841. The van der Waals surface area contributed by atoms with Gasteiger partial charge in [-0.3, -0.25) is 4.90 Å². The molecule has 0 spiro atoms. The molecule has 0 aliphatic carbocycles. The second-order valence-electron chi connectivity index (χ2n) is 4.08. The smallest absolute Gasteiger partial charge is 0.0451 e. The molecule has 1 heterocycles. The van der Waals surface area contributed by atoms with E-state index in [1.54, 1.807) is 0 Å². The number of rotatable bonds is 3. The molecule has 3 heteroatoms. The zero-order chi connectivity index (χ0) is 11.4. The Bertz CT molecular complexity index is 376. The fourth-order valence-corrected chi connectivity index (χ4v) is 2.25. The molecule has 2 rings (SSSR count). The summed E-state index contributed by atoms with van der Waals surface area (Å²) < 4.78 is 0. The summed E-state index contributed by atoms with van der Waals surface area (Å²) in [7, 11) is 0. The van der Waals surface area contributed by atoms with Crippen LogP contribution in [-0.4, -0.2) is 24.0 Å². The highest BCUT2D eigenvalue weighted by atomic mass is 35.5. The molecule has 1 aromatic rings. The Balaban J connectivity index is 2.09. The standard InChI is InChI=1S/C13H17ClN2/c14-13-7-2-1-5-11(13)10-16-8-4-3-6-12(16)9-15/h1-3,5-7,12H,4,8-10,15H2. The Morgan fingerprint density at radius 1 is 1.38 bits per heavy atom. The molecule has 86 valence electrons. The van der Waals surface area contributed by atoms with E-state index >= 15 is 0 Å². The van der Waals surface area contributed by atoms with Gasteiger partial charge in [-0.15, -0.1) is 0 Å². The van der Waals surface area contributed by atoms with Crippen molar-refractivity contribution < 1.29 is 0 Å². The molecule has 0 saturated heterocycles. The zero-order valence-electron chi connectivity index (χ0n) is 9.27. The molecule has 1 aliphatic rings. The van der Waals surface area contributed by atoms with Gasteiger partial charge in [0, 0.05) is 30.7 Å². The van der Waals surface area contributed by atoms with Crippen LogP contribution in [0.2, 0.25) is 5.02 Å². The molecular formula is C13H17ClN2. The number of hydrogen-bond acceptors (Lipinski definition) is 2. The fraction of sp³-hybridized carbons (Fsp3) is 0.385. The molecular weight excluding hydrogens is 220 g/mol. The van der Waals surface area contributed by atoms with Gasteiger partial charge in [0.1, 0.15) is 0 Å². The summed E-state index contributed by atoms with van der Waals surface area (Å²) in [5.41, 5.74) is 6.94.